The van der Waals surface area contributed by atoms with Gasteiger partial charge in [-0.15, -0.1) is 0 Å². The van der Waals surface area contributed by atoms with Crippen LogP contribution in [-0.4, -0.2) is 35.4 Å². The number of aromatic nitrogens is 2. The fourth-order valence-electron chi connectivity index (χ4n) is 2.81. The number of nitrogen functional groups attached to an aromatic ring is 1. The molecule has 1 aromatic carbocycles. The van der Waals surface area contributed by atoms with E-state index in [9.17, 15) is 9.65 Å². The van der Waals surface area contributed by atoms with Crippen LogP contribution in [0.5, 0.6) is 0 Å². The summed E-state index contributed by atoms with van der Waals surface area (Å²) in [5.41, 5.74) is 7.70. The lowest BCUT2D eigenvalue weighted by Crippen LogP contribution is -2.38. The molecule has 7 nitrogen and oxygen atoms in total. The number of aliphatic imine (C=N–C) groups is 1. The van der Waals surface area contributed by atoms with Crippen molar-refractivity contribution in [2.24, 2.45) is 10.9 Å². The molecule has 1 aromatic heterocycles. The van der Waals surface area contributed by atoms with Crippen molar-refractivity contribution in [3.05, 3.63) is 41.3 Å². The van der Waals surface area contributed by atoms with Crippen molar-refractivity contribution in [1.82, 2.24) is 20.4 Å². The van der Waals surface area contributed by atoms with Crippen molar-refractivity contribution in [3.8, 4) is 11.8 Å². The minimum Gasteiger partial charge on any atom is -0.382 e. The topological polar surface area (TPSA) is 104 Å². The summed E-state index contributed by atoms with van der Waals surface area (Å²) in [5.74, 6) is 1.36. The zero-order chi connectivity index (χ0) is 21.2. The second-order valence-electron chi connectivity index (χ2n) is 7.18. The van der Waals surface area contributed by atoms with Crippen LogP contribution in [0, 0.1) is 23.1 Å². The highest BCUT2D eigenvalue weighted by atomic mass is 19.1. The van der Waals surface area contributed by atoms with Crippen molar-refractivity contribution in [2.75, 3.05) is 25.4 Å². The van der Waals surface area contributed by atoms with Gasteiger partial charge in [0, 0.05) is 19.6 Å². The number of aryl methyl sites for hydroxylation is 1. The summed E-state index contributed by atoms with van der Waals surface area (Å²) in [6.07, 6.45) is 2.39. The van der Waals surface area contributed by atoms with Crippen molar-refractivity contribution in [3.63, 3.8) is 0 Å². The minimum absolute atomic E-state index is 0.265. The number of rotatable bonds is 9. The van der Waals surface area contributed by atoms with Gasteiger partial charge < -0.3 is 16.4 Å². The van der Waals surface area contributed by atoms with Gasteiger partial charge >= 0.3 is 0 Å². The Bertz CT molecular complexity index is 847. The molecule has 0 bridgehead atoms. The van der Waals surface area contributed by atoms with E-state index in [4.69, 9.17) is 5.73 Å². The Morgan fingerprint density at radius 2 is 2.03 bits per heavy atom. The lowest BCUT2D eigenvalue weighted by molar-refractivity contribution is 0.573. The monoisotopic (exact) mass is 399 g/mol. The summed E-state index contributed by atoms with van der Waals surface area (Å²) in [4.78, 5) is 4.58. The summed E-state index contributed by atoms with van der Waals surface area (Å²) in [5, 5.41) is 20.5. The largest absolute Gasteiger partial charge is 0.382 e. The second kappa shape index (κ2) is 11.1. The molecule has 0 aliphatic carbocycles. The smallest absolute Gasteiger partial charge is 0.191 e. The molecule has 2 aromatic rings. The summed E-state index contributed by atoms with van der Waals surface area (Å²) in [6.45, 7) is 8.69. The van der Waals surface area contributed by atoms with E-state index in [1.54, 1.807) is 12.1 Å². The summed E-state index contributed by atoms with van der Waals surface area (Å²) >= 11 is 0. The lowest BCUT2D eigenvalue weighted by Gasteiger charge is -2.12. The first-order valence-electron chi connectivity index (χ1n) is 10.0. The molecule has 29 heavy (non-hydrogen) atoms. The standard InChI is InChI=1S/C21H30FN7/c1-4-25-21(27-13-11-15(2)3)26-12-5-6-19-18(14-23)20(24)29(28-19)17-9-7-16(22)8-10-17/h7-10,15H,4-6,11-13,24H2,1-3H3,(H2,25,26,27). The van der Waals surface area contributed by atoms with E-state index >= 15 is 0 Å². The average molecular weight is 400 g/mol. The average Bonchev–Trinajstić information content (AvgIpc) is 3.01. The Balaban J connectivity index is 2.01. The van der Waals surface area contributed by atoms with Crippen LogP contribution in [0.25, 0.3) is 5.69 Å². The van der Waals surface area contributed by atoms with Gasteiger partial charge in [0.25, 0.3) is 0 Å². The first kappa shape index (κ1) is 22.2. The maximum Gasteiger partial charge on any atom is 0.191 e. The van der Waals surface area contributed by atoms with E-state index in [-0.39, 0.29) is 11.6 Å². The molecular formula is C21H30FN7. The van der Waals surface area contributed by atoms with Crippen LogP contribution in [0.3, 0.4) is 0 Å². The van der Waals surface area contributed by atoms with Crippen molar-refractivity contribution in [1.29, 1.82) is 5.26 Å². The predicted octanol–water partition coefficient (Wildman–Crippen LogP) is 3.00. The quantitative estimate of drug-likeness (QED) is 0.342. The number of nitrogens with zero attached hydrogens (tertiary/aromatic N) is 4. The van der Waals surface area contributed by atoms with Gasteiger partial charge in [-0.25, -0.2) is 9.07 Å². The second-order valence-corrected chi connectivity index (χ2v) is 7.18. The van der Waals surface area contributed by atoms with Gasteiger partial charge in [0.1, 0.15) is 23.3 Å². The summed E-state index contributed by atoms with van der Waals surface area (Å²) in [6, 6.07) is 7.97. The number of halogens is 1. The molecule has 0 fully saturated rings. The molecule has 0 atom stereocenters. The SMILES string of the molecule is CCNC(=NCCCc1nn(-c2ccc(F)cc2)c(N)c1C#N)NCCC(C)C. The van der Waals surface area contributed by atoms with Gasteiger partial charge in [0.05, 0.1) is 11.4 Å². The van der Waals surface area contributed by atoms with Gasteiger partial charge in [-0.2, -0.15) is 10.4 Å². The van der Waals surface area contributed by atoms with Crippen LogP contribution < -0.4 is 16.4 Å². The molecule has 0 saturated carbocycles. The predicted molar refractivity (Wildman–Crippen MR) is 114 cm³/mol. The molecule has 0 saturated heterocycles. The first-order valence-corrected chi connectivity index (χ1v) is 10.0. The molecular weight excluding hydrogens is 369 g/mol. The van der Waals surface area contributed by atoms with Crippen molar-refractivity contribution < 1.29 is 4.39 Å². The van der Waals surface area contributed by atoms with Crippen LogP contribution in [-0.2, 0) is 6.42 Å². The fraction of sp³-hybridized carbons (Fsp3) is 0.476. The van der Waals surface area contributed by atoms with Crippen LogP contribution in [0.4, 0.5) is 10.2 Å². The van der Waals surface area contributed by atoms with E-state index in [1.807, 2.05) is 6.92 Å². The highest BCUT2D eigenvalue weighted by molar-refractivity contribution is 5.79. The Labute approximate surface area is 171 Å². The van der Waals surface area contributed by atoms with Crippen LogP contribution in [0.1, 0.15) is 44.9 Å². The molecule has 156 valence electrons. The van der Waals surface area contributed by atoms with E-state index in [1.165, 1.54) is 16.8 Å². The maximum absolute atomic E-state index is 13.2. The Morgan fingerprint density at radius 1 is 1.31 bits per heavy atom. The minimum atomic E-state index is -0.337. The van der Waals surface area contributed by atoms with Crippen molar-refractivity contribution in [2.45, 2.75) is 40.0 Å². The molecule has 2 rings (SSSR count). The number of anilines is 1. The molecule has 0 aliphatic heterocycles. The fourth-order valence-corrected chi connectivity index (χ4v) is 2.81. The Morgan fingerprint density at radius 3 is 2.66 bits per heavy atom. The third kappa shape index (κ3) is 6.49. The maximum atomic E-state index is 13.2. The molecule has 4 N–H and O–H groups in total. The van der Waals surface area contributed by atoms with Crippen LogP contribution >= 0.6 is 0 Å². The number of nitrogens with one attached hydrogen (secondary N) is 2. The molecule has 0 radical (unpaired) electrons. The van der Waals surface area contributed by atoms with Gasteiger partial charge in [-0.1, -0.05) is 13.8 Å². The molecule has 0 spiro atoms. The Hall–Kier alpha value is -3.08. The Kier molecular flexibility index (Phi) is 8.46. The van der Waals surface area contributed by atoms with E-state index in [2.05, 4.69) is 40.6 Å². The van der Waals surface area contributed by atoms with Gasteiger partial charge in [-0.3, -0.25) is 4.99 Å². The summed E-state index contributed by atoms with van der Waals surface area (Å²) < 4.78 is 14.6. The molecule has 0 amide bonds. The molecule has 1 heterocycles. The molecule has 8 heteroatoms. The first-order chi connectivity index (χ1) is 14.0. The van der Waals surface area contributed by atoms with Gasteiger partial charge in [0.15, 0.2) is 5.96 Å². The zero-order valence-electron chi connectivity index (χ0n) is 17.4. The van der Waals surface area contributed by atoms with E-state index in [0.717, 1.165) is 31.9 Å². The number of nitrogens with two attached hydrogens (primary N) is 1. The van der Waals surface area contributed by atoms with Crippen LogP contribution in [0.15, 0.2) is 29.3 Å². The van der Waals surface area contributed by atoms with E-state index in [0.29, 0.717) is 35.8 Å². The third-order valence-electron chi connectivity index (χ3n) is 4.38. The highest BCUT2D eigenvalue weighted by Crippen LogP contribution is 2.21. The van der Waals surface area contributed by atoms with Gasteiger partial charge in [0.2, 0.25) is 0 Å². The summed E-state index contributed by atoms with van der Waals surface area (Å²) in [7, 11) is 0. The lowest BCUT2D eigenvalue weighted by atomic mass is 10.1. The number of benzene rings is 1. The third-order valence-corrected chi connectivity index (χ3v) is 4.38. The zero-order valence-corrected chi connectivity index (χ0v) is 17.4. The molecule has 0 aliphatic rings. The van der Waals surface area contributed by atoms with E-state index < -0.39 is 0 Å². The highest BCUT2D eigenvalue weighted by Gasteiger charge is 2.16. The van der Waals surface area contributed by atoms with Gasteiger partial charge in [-0.05, 0) is 56.4 Å². The normalized spacial score (nSPS) is 11.5. The van der Waals surface area contributed by atoms with Crippen molar-refractivity contribution >= 4 is 11.8 Å². The number of hydrogen-bond donors (Lipinski definition) is 3. The molecule has 0 unspecified atom stereocenters. The number of hydrogen-bond acceptors (Lipinski definition) is 4. The number of guanidine groups is 1. The number of nitriles is 1. The van der Waals surface area contributed by atoms with Crippen LogP contribution in [0.2, 0.25) is 0 Å².